The van der Waals surface area contributed by atoms with Crippen LogP contribution in [0.4, 0.5) is 4.39 Å². The van der Waals surface area contributed by atoms with Crippen LogP contribution >= 0.6 is 24.8 Å². The van der Waals surface area contributed by atoms with Gasteiger partial charge < -0.3 is 16.6 Å². The third-order valence-electron chi connectivity index (χ3n) is 2.38. The Hall–Kier alpha value is -0.850. The average Bonchev–Trinajstić information content (AvgIpc) is 2.22. The maximum atomic E-state index is 13.6. The number of rotatable bonds is 6. The lowest BCUT2D eigenvalue weighted by Crippen LogP contribution is -2.44. The van der Waals surface area contributed by atoms with E-state index in [-0.39, 0.29) is 50.0 Å². The van der Waals surface area contributed by atoms with Crippen LogP contribution < -0.4 is 11.5 Å². The molecule has 0 aromatic carbocycles. The maximum absolute atomic E-state index is 13.6. The highest BCUT2D eigenvalue weighted by Gasteiger charge is 2.27. The van der Waals surface area contributed by atoms with Crippen molar-refractivity contribution in [2.24, 2.45) is 16.5 Å². The van der Waals surface area contributed by atoms with Crippen molar-refractivity contribution >= 4 is 36.6 Å². The van der Waals surface area contributed by atoms with Crippen molar-refractivity contribution in [3.63, 3.8) is 0 Å². The minimum Gasteiger partial charge on any atom is -0.480 e. The Morgan fingerprint density at radius 2 is 1.84 bits per heavy atom. The zero-order valence-corrected chi connectivity index (χ0v) is 12.9. The number of allylic oxidation sites excluding steroid dienone is 1. The van der Waals surface area contributed by atoms with Crippen LogP contribution in [0.3, 0.4) is 0 Å². The van der Waals surface area contributed by atoms with E-state index >= 15 is 0 Å². The van der Waals surface area contributed by atoms with E-state index in [0.717, 1.165) is 0 Å². The van der Waals surface area contributed by atoms with Gasteiger partial charge in [0.1, 0.15) is 11.4 Å². The fraction of sp³-hybridized carbons (Fsp3) is 0.636. The Bertz CT molecular complexity index is 354. The van der Waals surface area contributed by atoms with E-state index in [4.69, 9.17) is 16.6 Å². The number of carboxylic acid groups (broad SMARTS) is 1. The molecule has 1 atom stereocenters. The molecule has 0 aromatic rings. The van der Waals surface area contributed by atoms with Gasteiger partial charge in [0.15, 0.2) is 0 Å². The molecule has 0 fully saturated rings. The minimum absolute atomic E-state index is 0. The molecule has 0 aliphatic carbocycles. The van der Waals surface area contributed by atoms with Gasteiger partial charge in [0.25, 0.3) is 0 Å². The number of hydrogen-bond donors (Lipinski definition) is 3. The van der Waals surface area contributed by atoms with Crippen LogP contribution in [0.1, 0.15) is 33.6 Å². The van der Waals surface area contributed by atoms with Crippen LogP contribution in [-0.2, 0) is 4.79 Å². The van der Waals surface area contributed by atoms with Crippen LogP contribution in [0, 0.1) is 0 Å². The van der Waals surface area contributed by atoms with Gasteiger partial charge in [0.05, 0.1) is 12.4 Å². The van der Waals surface area contributed by atoms with Crippen LogP contribution in [0.2, 0.25) is 0 Å². The van der Waals surface area contributed by atoms with E-state index in [2.05, 4.69) is 4.99 Å². The Kier molecular flexibility index (Phi) is 12.2. The van der Waals surface area contributed by atoms with Crippen molar-refractivity contribution in [2.75, 3.05) is 6.54 Å². The fourth-order valence-corrected chi connectivity index (χ4v) is 1.02. The number of hydrogen-bond acceptors (Lipinski definition) is 3. The summed E-state index contributed by atoms with van der Waals surface area (Å²) in [6.45, 7) is 4.76. The highest BCUT2D eigenvalue weighted by molar-refractivity contribution is 5.85. The summed E-state index contributed by atoms with van der Waals surface area (Å²) in [6, 6.07) is 0. The summed E-state index contributed by atoms with van der Waals surface area (Å²) in [5.74, 6) is -1.14. The van der Waals surface area contributed by atoms with E-state index in [0.29, 0.717) is 11.4 Å². The molecule has 0 spiro atoms. The Balaban J connectivity index is -0.00000128. The molecule has 0 bridgehead atoms. The second-order valence-electron chi connectivity index (χ2n) is 4.37. The Labute approximate surface area is 125 Å². The normalized spacial score (nSPS) is 15.5. The summed E-state index contributed by atoms with van der Waals surface area (Å²) in [5, 5.41) is 8.77. The molecule has 5 N–H and O–H groups in total. The highest BCUT2D eigenvalue weighted by Crippen LogP contribution is 2.18. The third kappa shape index (κ3) is 9.69. The summed E-state index contributed by atoms with van der Waals surface area (Å²) >= 11 is 0. The van der Waals surface area contributed by atoms with Gasteiger partial charge in [0.2, 0.25) is 0 Å². The van der Waals surface area contributed by atoms with Gasteiger partial charge in [-0.15, -0.1) is 24.8 Å². The summed E-state index contributed by atoms with van der Waals surface area (Å²) in [7, 11) is 0. The van der Waals surface area contributed by atoms with Gasteiger partial charge >= 0.3 is 5.97 Å². The molecule has 0 unspecified atom stereocenters. The molecule has 0 aromatic heterocycles. The van der Waals surface area contributed by atoms with Crippen LogP contribution in [0.5, 0.6) is 0 Å². The molecule has 0 aliphatic heterocycles. The molecule has 0 radical (unpaired) electrons. The second-order valence-corrected chi connectivity index (χ2v) is 4.37. The molecule has 19 heavy (non-hydrogen) atoms. The van der Waals surface area contributed by atoms with Crippen molar-refractivity contribution in [2.45, 2.75) is 39.2 Å². The molecule has 0 saturated heterocycles. The van der Waals surface area contributed by atoms with E-state index in [9.17, 15) is 9.18 Å². The second kappa shape index (κ2) is 10.00. The molecule has 8 heteroatoms. The lowest BCUT2D eigenvalue weighted by molar-refractivity contribution is -0.142. The number of carboxylic acids is 1. The van der Waals surface area contributed by atoms with Gasteiger partial charge in [-0.1, -0.05) is 0 Å². The first kappa shape index (κ1) is 23.3. The maximum Gasteiger partial charge on any atom is 0.323 e. The zero-order valence-electron chi connectivity index (χ0n) is 11.3. The molecule has 0 amide bonds. The zero-order chi connectivity index (χ0) is 13.6. The first-order valence-corrected chi connectivity index (χ1v) is 5.29. The van der Waals surface area contributed by atoms with E-state index in [1.54, 1.807) is 13.8 Å². The molecule has 0 rings (SSSR count). The summed E-state index contributed by atoms with van der Waals surface area (Å²) < 4.78 is 13.6. The molecular weight excluding hydrogens is 296 g/mol. The van der Waals surface area contributed by atoms with Crippen molar-refractivity contribution < 1.29 is 14.3 Å². The largest absolute Gasteiger partial charge is 0.480 e. The predicted octanol–water partition coefficient (Wildman–Crippen LogP) is 2.03. The van der Waals surface area contributed by atoms with Crippen LogP contribution in [0.15, 0.2) is 16.4 Å². The monoisotopic (exact) mass is 317 g/mol. The first-order chi connectivity index (χ1) is 7.66. The molecule has 0 saturated carbocycles. The van der Waals surface area contributed by atoms with Crippen LogP contribution in [0.25, 0.3) is 0 Å². The number of aliphatic imine (C=N–C) groups is 1. The standard InChI is InChI=1S/C11H20FN3O2.2ClH/c1-7(6-15-8(2)13)9(12)4-5-11(3,14)10(16)17;;/h4-6,14H2,1-3H3,(H2,13,15)(H,16,17);2*1H/b9-7+;;/t11-;;/m0../s1. The minimum atomic E-state index is -1.41. The molecule has 0 aliphatic rings. The van der Waals surface area contributed by atoms with Crippen LogP contribution in [-0.4, -0.2) is 29.0 Å². The topological polar surface area (TPSA) is 102 Å². The molecule has 114 valence electrons. The number of halogens is 3. The summed E-state index contributed by atoms with van der Waals surface area (Å²) in [6.07, 6.45) is 0.0289. The quantitative estimate of drug-likeness (QED) is 0.515. The molecular formula is C11H22Cl2FN3O2. The number of carbonyl (C=O) groups is 1. The number of nitrogens with two attached hydrogens (primary N) is 2. The van der Waals surface area contributed by atoms with E-state index in [1.165, 1.54) is 6.92 Å². The van der Waals surface area contributed by atoms with Gasteiger partial charge in [-0.05, 0) is 32.8 Å². The average molecular weight is 318 g/mol. The van der Waals surface area contributed by atoms with Crippen molar-refractivity contribution in [1.82, 2.24) is 0 Å². The van der Waals surface area contributed by atoms with E-state index < -0.39 is 11.5 Å². The Morgan fingerprint density at radius 1 is 1.37 bits per heavy atom. The molecule has 5 nitrogen and oxygen atoms in total. The predicted molar refractivity (Wildman–Crippen MR) is 79.9 cm³/mol. The first-order valence-electron chi connectivity index (χ1n) is 5.29. The summed E-state index contributed by atoms with van der Waals surface area (Å²) in [5.41, 5.74) is 9.85. The lowest BCUT2D eigenvalue weighted by atomic mass is 9.96. The lowest BCUT2D eigenvalue weighted by Gasteiger charge is -2.18. The van der Waals surface area contributed by atoms with Gasteiger partial charge in [0, 0.05) is 6.42 Å². The van der Waals surface area contributed by atoms with Gasteiger partial charge in [-0.2, -0.15) is 0 Å². The number of nitrogens with zero attached hydrogens (tertiary/aromatic N) is 1. The fourth-order valence-electron chi connectivity index (χ4n) is 1.02. The van der Waals surface area contributed by atoms with Gasteiger partial charge in [-0.25, -0.2) is 4.39 Å². The summed E-state index contributed by atoms with van der Waals surface area (Å²) in [4.78, 5) is 14.6. The van der Waals surface area contributed by atoms with Crippen molar-refractivity contribution in [3.05, 3.63) is 11.4 Å². The van der Waals surface area contributed by atoms with Crippen molar-refractivity contribution in [3.8, 4) is 0 Å². The highest BCUT2D eigenvalue weighted by atomic mass is 35.5. The van der Waals surface area contributed by atoms with Gasteiger partial charge in [-0.3, -0.25) is 9.79 Å². The van der Waals surface area contributed by atoms with Crippen molar-refractivity contribution in [1.29, 1.82) is 0 Å². The van der Waals surface area contributed by atoms with E-state index in [1.807, 2.05) is 0 Å². The molecule has 0 heterocycles. The number of aliphatic carboxylic acids is 1. The smallest absolute Gasteiger partial charge is 0.323 e. The third-order valence-corrected chi connectivity index (χ3v) is 2.38. The number of amidine groups is 1. The SMILES string of the molecule is CC(N)=NC/C(C)=C(/F)CC[C@](C)(N)C(=O)O.Cl.Cl. The Morgan fingerprint density at radius 3 is 2.21 bits per heavy atom.